The van der Waals surface area contributed by atoms with E-state index in [0.717, 1.165) is 30.4 Å². The molecule has 29 heavy (non-hydrogen) atoms. The van der Waals surface area contributed by atoms with Gasteiger partial charge in [0.15, 0.2) is 0 Å². The first-order chi connectivity index (χ1) is 13.7. The van der Waals surface area contributed by atoms with E-state index in [1.165, 1.54) is 10.4 Å². The Morgan fingerprint density at radius 1 is 1.07 bits per heavy atom. The summed E-state index contributed by atoms with van der Waals surface area (Å²) in [6.45, 7) is 4.83. The largest absolute Gasteiger partial charge is 0.335 e. The van der Waals surface area contributed by atoms with Crippen LogP contribution in [0.25, 0.3) is 0 Å². The second kappa shape index (κ2) is 8.86. The normalized spacial score (nSPS) is 16.4. The lowest BCUT2D eigenvalue weighted by molar-refractivity contribution is 0.0741. The monoisotopic (exact) mass is 434 g/mol. The van der Waals surface area contributed by atoms with Gasteiger partial charge in [0.1, 0.15) is 0 Å². The van der Waals surface area contributed by atoms with Gasteiger partial charge in [-0.1, -0.05) is 36.2 Å². The van der Waals surface area contributed by atoms with E-state index < -0.39 is 10.0 Å². The molecular weight excluding hydrogens is 408 g/mol. The molecule has 0 radical (unpaired) electrons. The summed E-state index contributed by atoms with van der Waals surface area (Å²) in [5, 5.41) is 0.640. The average molecular weight is 435 g/mol. The van der Waals surface area contributed by atoms with Crippen LogP contribution in [0.3, 0.4) is 0 Å². The van der Waals surface area contributed by atoms with Crippen molar-refractivity contribution >= 4 is 27.5 Å². The van der Waals surface area contributed by atoms with Crippen LogP contribution in [0.2, 0.25) is 5.02 Å². The summed E-state index contributed by atoms with van der Waals surface area (Å²) in [7, 11) is -1.86. The summed E-state index contributed by atoms with van der Waals surface area (Å²) in [6.07, 6.45) is 2.80. The minimum atomic E-state index is -3.59. The van der Waals surface area contributed by atoms with E-state index in [0.29, 0.717) is 23.7 Å². The Labute approximate surface area is 178 Å². The van der Waals surface area contributed by atoms with E-state index in [-0.39, 0.29) is 16.8 Å². The molecule has 0 N–H and O–H groups in total. The molecule has 0 bridgehead atoms. The van der Waals surface area contributed by atoms with Gasteiger partial charge in [0.05, 0.1) is 10.9 Å². The van der Waals surface area contributed by atoms with Crippen LogP contribution < -0.4 is 0 Å². The number of carbonyl (C=O) groups is 1. The third-order valence-electron chi connectivity index (χ3n) is 5.65. The molecule has 2 aromatic rings. The molecule has 7 heteroatoms. The van der Waals surface area contributed by atoms with E-state index in [9.17, 15) is 13.2 Å². The number of rotatable bonds is 5. The Balaban J connectivity index is 1.88. The van der Waals surface area contributed by atoms with Gasteiger partial charge >= 0.3 is 0 Å². The fourth-order valence-corrected chi connectivity index (χ4v) is 5.25. The molecule has 0 spiro atoms. The molecule has 1 unspecified atom stereocenters. The quantitative estimate of drug-likeness (QED) is 0.687. The predicted molar refractivity (Wildman–Crippen MR) is 116 cm³/mol. The lowest BCUT2D eigenvalue weighted by Gasteiger charge is -2.28. The Hall–Kier alpha value is -1.89. The minimum Gasteiger partial charge on any atom is -0.335 e. The standard InChI is InChI=1S/C22H27ClN2O3S/c1-16-7-12-20(29(27,28)25-13-5-4-6-14-25)15-21(16)22(26)24(3)17(2)18-8-10-19(23)11-9-18/h7-12,15,17H,4-6,13-14H2,1-3H3. The lowest BCUT2D eigenvalue weighted by Crippen LogP contribution is -2.36. The third-order valence-corrected chi connectivity index (χ3v) is 7.79. The molecular formula is C22H27ClN2O3S. The number of benzene rings is 2. The summed E-state index contributed by atoms with van der Waals surface area (Å²) in [5.41, 5.74) is 2.12. The molecule has 1 heterocycles. The van der Waals surface area contributed by atoms with Gasteiger partial charge in [0.2, 0.25) is 10.0 Å². The van der Waals surface area contributed by atoms with Crippen molar-refractivity contribution in [3.8, 4) is 0 Å². The van der Waals surface area contributed by atoms with Crippen molar-refractivity contribution in [2.75, 3.05) is 20.1 Å². The molecule has 1 aliphatic heterocycles. The highest BCUT2D eigenvalue weighted by atomic mass is 35.5. The summed E-state index contributed by atoms with van der Waals surface area (Å²) in [5.74, 6) is -0.208. The number of sulfonamides is 1. The van der Waals surface area contributed by atoms with E-state index in [4.69, 9.17) is 11.6 Å². The zero-order valence-electron chi connectivity index (χ0n) is 17.1. The van der Waals surface area contributed by atoms with E-state index in [2.05, 4.69) is 0 Å². The van der Waals surface area contributed by atoms with Gasteiger partial charge in [-0.15, -0.1) is 0 Å². The van der Waals surface area contributed by atoms with E-state index in [1.54, 1.807) is 36.2 Å². The predicted octanol–water partition coefficient (Wildman–Crippen LogP) is 4.66. The topological polar surface area (TPSA) is 57.7 Å². The number of amides is 1. The molecule has 2 aromatic carbocycles. The second-order valence-electron chi connectivity index (χ2n) is 7.59. The molecule has 1 atom stereocenters. The van der Waals surface area contributed by atoms with Crippen LogP contribution in [0, 0.1) is 6.92 Å². The van der Waals surface area contributed by atoms with Crippen molar-refractivity contribution in [3.05, 3.63) is 64.2 Å². The molecule has 0 aromatic heterocycles. The van der Waals surface area contributed by atoms with Crippen LogP contribution in [-0.2, 0) is 10.0 Å². The Morgan fingerprint density at radius 3 is 2.31 bits per heavy atom. The average Bonchev–Trinajstić information content (AvgIpc) is 2.73. The van der Waals surface area contributed by atoms with Crippen molar-refractivity contribution in [1.82, 2.24) is 9.21 Å². The fraction of sp³-hybridized carbons (Fsp3) is 0.409. The third kappa shape index (κ3) is 4.65. The van der Waals surface area contributed by atoms with Crippen molar-refractivity contribution in [2.24, 2.45) is 0 Å². The van der Waals surface area contributed by atoms with E-state index in [1.807, 2.05) is 26.0 Å². The molecule has 0 aliphatic carbocycles. The fourth-order valence-electron chi connectivity index (χ4n) is 3.58. The summed E-state index contributed by atoms with van der Waals surface area (Å²) in [6, 6.07) is 12.0. The smallest absolute Gasteiger partial charge is 0.254 e. The van der Waals surface area contributed by atoms with Gasteiger partial charge < -0.3 is 4.90 Å². The first-order valence-electron chi connectivity index (χ1n) is 9.85. The van der Waals surface area contributed by atoms with Crippen molar-refractivity contribution in [2.45, 2.75) is 44.0 Å². The summed E-state index contributed by atoms with van der Waals surface area (Å²) >= 11 is 5.96. The van der Waals surface area contributed by atoms with Crippen LogP contribution in [0.1, 0.15) is 53.7 Å². The van der Waals surface area contributed by atoms with Gasteiger partial charge in [-0.3, -0.25) is 4.79 Å². The SMILES string of the molecule is Cc1ccc(S(=O)(=O)N2CCCCC2)cc1C(=O)N(C)C(C)c1ccc(Cl)cc1. The molecule has 1 saturated heterocycles. The van der Waals surface area contributed by atoms with Gasteiger partial charge in [-0.05, 0) is 62.1 Å². The van der Waals surface area contributed by atoms with E-state index >= 15 is 0 Å². The molecule has 156 valence electrons. The molecule has 1 aliphatic rings. The summed E-state index contributed by atoms with van der Waals surface area (Å²) < 4.78 is 27.6. The van der Waals surface area contributed by atoms with Crippen LogP contribution in [0.4, 0.5) is 0 Å². The highest BCUT2D eigenvalue weighted by Gasteiger charge is 2.28. The van der Waals surface area contributed by atoms with Crippen molar-refractivity contribution < 1.29 is 13.2 Å². The van der Waals surface area contributed by atoms with Crippen LogP contribution in [0.15, 0.2) is 47.4 Å². The van der Waals surface area contributed by atoms with Crippen LogP contribution in [-0.4, -0.2) is 43.7 Å². The van der Waals surface area contributed by atoms with Gasteiger partial charge in [-0.25, -0.2) is 8.42 Å². The highest BCUT2D eigenvalue weighted by Crippen LogP contribution is 2.26. The second-order valence-corrected chi connectivity index (χ2v) is 9.96. The molecule has 5 nitrogen and oxygen atoms in total. The maximum Gasteiger partial charge on any atom is 0.254 e. The van der Waals surface area contributed by atoms with Crippen LogP contribution >= 0.6 is 11.6 Å². The number of hydrogen-bond donors (Lipinski definition) is 0. The number of aryl methyl sites for hydroxylation is 1. The van der Waals surface area contributed by atoms with Gasteiger partial charge in [0, 0.05) is 30.7 Å². The zero-order valence-corrected chi connectivity index (χ0v) is 18.6. The molecule has 0 saturated carbocycles. The lowest BCUT2D eigenvalue weighted by atomic mass is 10.0. The first-order valence-corrected chi connectivity index (χ1v) is 11.7. The molecule has 3 rings (SSSR count). The molecule has 1 amide bonds. The number of carbonyl (C=O) groups excluding carboxylic acids is 1. The number of hydrogen-bond acceptors (Lipinski definition) is 3. The molecule has 1 fully saturated rings. The van der Waals surface area contributed by atoms with Gasteiger partial charge in [0.25, 0.3) is 5.91 Å². The minimum absolute atomic E-state index is 0.179. The van der Waals surface area contributed by atoms with Crippen LogP contribution in [0.5, 0.6) is 0 Å². The van der Waals surface area contributed by atoms with Crippen molar-refractivity contribution in [3.63, 3.8) is 0 Å². The first kappa shape index (κ1) is 21.8. The number of nitrogens with zero attached hydrogens (tertiary/aromatic N) is 2. The summed E-state index contributed by atoms with van der Waals surface area (Å²) in [4.78, 5) is 15.0. The Morgan fingerprint density at radius 2 is 1.69 bits per heavy atom. The number of halogens is 1. The van der Waals surface area contributed by atoms with Gasteiger partial charge in [-0.2, -0.15) is 4.31 Å². The van der Waals surface area contributed by atoms with Crippen molar-refractivity contribution in [1.29, 1.82) is 0 Å². The zero-order chi connectivity index (χ0) is 21.2. The maximum atomic E-state index is 13.2. The Bertz CT molecular complexity index is 984. The number of piperidine rings is 1. The highest BCUT2D eigenvalue weighted by molar-refractivity contribution is 7.89. The maximum absolute atomic E-state index is 13.2. The Kier molecular flexibility index (Phi) is 6.66.